The molecular formula is C58H87N11O25. The molecule has 36 heteroatoms. The number of esters is 1. The minimum Gasteiger partial charge on any atom is -0.462 e. The highest BCUT2D eigenvalue weighted by Crippen LogP contribution is 2.33. The van der Waals surface area contributed by atoms with Gasteiger partial charge in [0.2, 0.25) is 29.9 Å². The average Bonchev–Trinajstić information content (AvgIpc) is 1.45. The second-order valence-corrected chi connectivity index (χ2v) is 23.7. The number of aliphatic hydroxyl groups is 13. The van der Waals surface area contributed by atoms with Gasteiger partial charge in [0.15, 0.2) is 30.5 Å². The van der Waals surface area contributed by atoms with Gasteiger partial charge < -0.3 is 148 Å². The van der Waals surface area contributed by atoms with Gasteiger partial charge >= 0.3 is 5.97 Å². The molecule has 2 aromatic carbocycles. The van der Waals surface area contributed by atoms with Crippen LogP contribution in [-0.4, -0.2) is 305 Å². The van der Waals surface area contributed by atoms with Crippen molar-refractivity contribution >= 4 is 47.8 Å². The number of nitrogens with one attached hydrogen (secondary N) is 5. The maximum atomic E-state index is 14.9. The van der Waals surface area contributed by atoms with Crippen molar-refractivity contribution in [2.75, 3.05) is 39.5 Å². The van der Waals surface area contributed by atoms with Crippen LogP contribution in [0.1, 0.15) is 50.7 Å². The van der Waals surface area contributed by atoms with Crippen LogP contribution in [-0.2, 0) is 58.9 Å². The van der Waals surface area contributed by atoms with Crippen LogP contribution in [0.2, 0.25) is 0 Å². The molecule has 0 saturated carbocycles. The topological polar surface area (TPSA) is 587 Å². The van der Waals surface area contributed by atoms with Crippen molar-refractivity contribution in [2.24, 2.45) is 33.1 Å². The molecule has 5 aliphatic heterocycles. The molecule has 0 radical (unpaired) electrons. The average molecular weight is 1340 g/mol. The van der Waals surface area contributed by atoms with Crippen molar-refractivity contribution in [3.63, 3.8) is 0 Å². The molecule has 0 aliphatic carbocycles. The Balaban J connectivity index is 1.12. The van der Waals surface area contributed by atoms with Crippen molar-refractivity contribution in [1.82, 2.24) is 31.5 Å². The van der Waals surface area contributed by atoms with Gasteiger partial charge in [0, 0.05) is 18.8 Å². The highest BCUT2D eigenvalue weighted by Gasteiger charge is 2.54. The number of aliphatic hydroxyl groups excluding tert-OH is 13. The molecule has 24 N–H and O–H groups in total. The van der Waals surface area contributed by atoms with E-state index in [0.717, 1.165) is 4.90 Å². The lowest BCUT2D eigenvalue weighted by molar-refractivity contribution is -0.353. The van der Waals surface area contributed by atoms with Crippen molar-refractivity contribution in [3.8, 4) is 5.75 Å². The Morgan fingerprint density at radius 1 is 0.691 bits per heavy atom. The lowest BCUT2D eigenvalue weighted by Crippen LogP contribution is -2.70. The van der Waals surface area contributed by atoms with E-state index in [1.165, 1.54) is 24.3 Å². The van der Waals surface area contributed by atoms with Crippen LogP contribution in [0, 0.1) is 5.92 Å². The normalized spacial score (nSPS) is 32.3. The molecule has 21 unspecified atom stereocenters. The molecule has 0 spiro atoms. The fourth-order valence-electron chi connectivity index (χ4n) is 11.2. The summed E-state index contributed by atoms with van der Waals surface area (Å²) in [6, 6.07) is 2.08. The number of guanidine groups is 2. The molecule has 5 aliphatic rings. The summed E-state index contributed by atoms with van der Waals surface area (Å²) in [6.07, 6.45) is -30.5. The van der Waals surface area contributed by atoms with Gasteiger partial charge in [-0.25, -0.2) is 0 Å². The number of hydrogen-bond acceptors (Lipinski definition) is 32. The van der Waals surface area contributed by atoms with Gasteiger partial charge in [-0.3, -0.25) is 34.0 Å². The van der Waals surface area contributed by atoms with Crippen molar-refractivity contribution in [1.29, 1.82) is 0 Å². The van der Waals surface area contributed by atoms with Crippen LogP contribution in [0.15, 0.2) is 64.6 Å². The van der Waals surface area contributed by atoms with Gasteiger partial charge in [-0.15, -0.1) is 0 Å². The molecule has 0 bridgehead atoms. The molecule has 0 aromatic heterocycles. The van der Waals surface area contributed by atoms with Crippen LogP contribution < -0.4 is 48.5 Å². The van der Waals surface area contributed by atoms with E-state index in [2.05, 4.69) is 36.6 Å². The summed E-state index contributed by atoms with van der Waals surface area (Å²) in [5.41, 5.74) is 19.5. The molecule has 94 heavy (non-hydrogen) atoms. The Hall–Kier alpha value is -6.92. The second-order valence-electron chi connectivity index (χ2n) is 23.7. The largest absolute Gasteiger partial charge is 0.462 e. The number of aldehydes is 1. The van der Waals surface area contributed by atoms with Crippen LogP contribution in [0.4, 0.5) is 0 Å². The van der Waals surface area contributed by atoms with E-state index in [0.29, 0.717) is 12.0 Å². The van der Waals surface area contributed by atoms with Crippen molar-refractivity contribution in [3.05, 3.63) is 65.7 Å². The Labute approximate surface area is 538 Å². The van der Waals surface area contributed by atoms with Crippen LogP contribution in [0.5, 0.6) is 5.75 Å². The van der Waals surface area contributed by atoms with Gasteiger partial charge in [0.05, 0.1) is 57.6 Å². The molecule has 7 rings (SSSR count). The first-order valence-electron chi connectivity index (χ1n) is 30.5. The Bertz CT molecular complexity index is 2910. The monoisotopic (exact) mass is 1340 g/mol. The van der Waals surface area contributed by atoms with Crippen molar-refractivity contribution in [2.45, 2.75) is 193 Å². The second kappa shape index (κ2) is 33.6. The van der Waals surface area contributed by atoms with E-state index < -0.39 is 227 Å². The molecule has 3 fully saturated rings. The first-order chi connectivity index (χ1) is 44.7. The molecule has 4 amide bonds. The van der Waals surface area contributed by atoms with E-state index in [1.54, 1.807) is 44.2 Å². The molecule has 36 nitrogen and oxygen atoms in total. The number of rotatable bonds is 30. The summed E-state index contributed by atoms with van der Waals surface area (Å²) in [6.45, 7) is 0.926. The number of hydrogen-bond donors (Lipinski definition) is 21. The molecule has 26 atom stereocenters. The minimum absolute atomic E-state index is 0.0278. The fraction of sp³-hybridized carbons (Fsp3) is 0.655. The number of carbonyl (C=O) groups excluding carboxylic acids is 6. The van der Waals surface area contributed by atoms with E-state index in [1.807, 2.05) is 6.92 Å². The summed E-state index contributed by atoms with van der Waals surface area (Å²) in [5.74, 6) is -7.02. The lowest BCUT2D eigenvalue weighted by Gasteiger charge is -2.46. The zero-order chi connectivity index (χ0) is 69.0. The minimum atomic E-state index is -2.26. The van der Waals surface area contributed by atoms with Crippen LogP contribution in [0.3, 0.4) is 0 Å². The number of nitrogens with two attached hydrogens (primary N) is 3. The summed E-state index contributed by atoms with van der Waals surface area (Å²) < 4.78 is 34.2. The number of benzene rings is 2. The van der Waals surface area contributed by atoms with Gasteiger partial charge in [0.25, 0.3) is 0 Å². The number of carbonyl (C=O) groups is 6. The highest BCUT2D eigenvalue weighted by molar-refractivity contribution is 5.96. The van der Waals surface area contributed by atoms with Gasteiger partial charge in [-0.05, 0) is 29.2 Å². The highest BCUT2D eigenvalue weighted by atomic mass is 16.7. The van der Waals surface area contributed by atoms with E-state index in [9.17, 15) is 95.2 Å². The number of nitrogens with zero attached hydrogens (tertiary/aromatic N) is 3. The third-order valence-corrected chi connectivity index (χ3v) is 17.2. The Morgan fingerprint density at radius 2 is 1.29 bits per heavy atom. The zero-order valence-corrected chi connectivity index (χ0v) is 51.4. The van der Waals surface area contributed by atoms with E-state index in [4.69, 9.17) is 45.6 Å². The summed E-state index contributed by atoms with van der Waals surface area (Å²) in [7, 11) is 0. The summed E-state index contributed by atoms with van der Waals surface area (Å²) >= 11 is 0. The first-order valence-corrected chi connectivity index (χ1v) is 30.5. The van der Waals surface area contributed by atoms with Crippen molar-refractivity contribution < 1.29 is 124 Å². The molecule has 5 heterocycles. The first kappa shape index (κ1) is 74.5. The van der Waals surface area contributed by atoms with E-state index in [-0.39, 0.29) is 42.4 Å². The Morgan fingerprint density at radius 3 is 1.89 bits per heavy atom. The van der Waals surface area contributed by atoms with Gasteiger partial charge in [0.1, 0.15) is 116 Å². The fourth-order valence-corrected chi connectivity index (χ4v) is 11.2. The summed E-state index contributed by atoms with van der Waals surface area (Å²) in [4.78, 5) is 91.7. The molecular weight excluding hydrogens is 1250 g/mol. The maximum Gasteiger partial charge on any atom is 0.306 e. The quantitative estimate of drug-likeness (QED) is 0.0255. The maximum absolute atomic E-state index is 14.9. The molecule has 3 saturated heterocycles. The standard InChI is InChI=1S/C58H87N11O25/c1-4-23(2)14-35(75)93-48-33(21-73)92-56(47(84)43(48)80)94-49-34(22-74)91-55(46(83)44(49)81)89-28-12-10-25(11-13-28)15-29(65-51(86)36(59)24(3)26-8-6-5-7-9-26)50(85)67-37(39(76)30-16-62-57(60)66-30)53(88)68-38(52(87)64-27(18-70)19-71)40(77)31-17-63-58(61)69(31)54-45(82)42(79)41(78)32(20-72)90-54/h5-13,18,23-24,27,29-34,36-49,54-56,71-74,76-84H,4,14-17,19-22,59H2,1-3H3,(H2,61,63)(H,64,87)(H,65,86)(H,67,85)(H,68,88)(H3,60,62,66)/t23?,24?,27-,29+,30?,31?,32?,33?,34?,36+,37+,38+,39?,40?,41?,42?,43?,44?,45?,46?,47?,48?,49?,54?,55?,56?/m1/s1. The van der Waals surface area contributed by atoms with Gasteiger partial charge in [-0.2, -0.15) is 0 Å². The van der Waals surface area contributed by atoms with Crippen LogP contribution in [0.25, 0.3) is 0 Å². The third-order valence-electron chi connectivity index (χ3n) is 17.2. The third kappa shape index (κ3) is 17.6. The number of amides is 4. The van der Waals surface area contributed by atoms with E-state index >= 15 is 0 Å². The number of aliphatic imine (C=N–C) groups is 2. The zero-order valence-electron chi connectivity index (χ0n) is 51.4. The smallest absolute Gasteiger partial charge is 0.306 e. The SMILES string of the molecule is CCC(C)CC(=O)OC1C(CO)OC(OC2C(CO)OC(Oc3ccc(C[C@H](NC(=O)[C@@H](N)C(C)c4ccccc4)C(=O)N[C@H](C(=O)N[C@H](C(=O)N[C@H](C=O)CO)C(O)C4CN=C(N)N4C4OC(CO)C(O)C(O)C4O)C(O)C4CN=C(N)N4)cc3)C(O)C2O)C(O)C1O. The summed E-state index contributed by atoms with van der Waals surface area (Å²) in [5, 5.41) is 154. The predicted molar refractivity (Wildman–Crippen MR) is 320 cm³/mol. The lowest BCUT2D eigenvalue weighted by atomic mass is 9.93. The Kier molecular flexibility index (Phi) is 26.7. The van der Waals surface area contributed by atoms with Crippen LogP contribution >= 0.6 is 0 Å². The van der Waals surface area contributed by atoms with Gasteiger partial charge in [-0.1, -0.05) is 69.7 Å². The predicted octanol–water partition coefficient (Wildman–Crippen LogP) is -10.7. The number of ether oxygens (including phenoxy) is 6. The molecule has 2 aromatic rings. The molecule has 524 valence electrons.